The van der Waals surface area contributed by atoms with Crippen LogP contribution in [-0.4, -0.2) is 33.7 Å². The number of nitrogens with one attached hydrogen (secondary N) is 2. The number of halogens is 4. The molecule has 2 rings (SSSR count). The van der Waals surface area contributed by atoms with Crippen LogP contribution in [-0.2, 0) is 11.0 Å². The van der Waals surface area contributed by atoms with Crippen molar-refractivity contribution >= 4 is 23.4 Å². The number of rotatable bonds is 4. The molecule has 10 heteroatoms. The second-order valence-corrected chi connectivity index (χ2v) is 7.21. The van der Waals surface area contributed by atoms with E-state index in [0.29, 0.717) is 9.70 Å². The maximum absolute atomic E-state index is 13.5. The van der Waals surface area contributed by atoms with Gasteiger partial charge in [-0.15, -0.1) is 0 Å². The lowest BCUT2D eigenvalue weighted by molar-refractivity contribution is -0.143. The monoisotopic (exact) mass is 402 g/mol. The Morgan fingerprint density at radius 3 is 2.26 bits per heavy atom. The van der Waals surface area contributed by atoms with Crippen LogP contribution >= 0.6 is 11.6 Å². The van der Waals surface area contributed by atoms with Crippen LogP contribution in [0.15, 0.2) is 30.5 Å². The van der Waals surface area contributed by atoms with Gasteiger partial charge in [-0.2, -0.15) is 18.3 Å². The summed E-state index contributed by atoms with van der Waals surface area (Å²) in [7, 11) is 0. The number of alkyl halides is 3. The smallest absolute Gasteiger partial charge is 0.350 e. The van der Waals surface area contributed by atoms with E-state index in [1.807, 2.05) is 0 Å². The second kappa shape index (κ2) is 7.59. The minimum Gasteiger partial charge on any atom is -0.350 e. The maximum Gasteiger partial charge on any atom is 0.434 e. The SMILES string of the molecule is CC(C)(C)NC(=O)CNC(=O)c1cnn(-c2ccc(Cl)cc2)c1C(F)(F)F. The van der Waals surface area contributed by atoms with Crippen molar-refractivity contribution in [3.63, 3.8) is 0 Å². The normalized spacial score (nSPS) is 12.0. The van der Waals surface area contributed by atoms with E-state index in [9.17, 15) is 22.8 Å². The summed E-state index contributed by atoms with van der Waals surface area (Å²) >= 11 is 5.75. The largest absolute Gasteiger partial charge is 0.434 e. The third-order valence-corrected chi connectivity index (χ3v) is 3.53. The summed E-state index contributed by atoms with van der Waals surface area (Å²) in [5.74, 6) is -1.57. The van der Waals surface area contributed by atoms with E-state index in [1.165, 1.54) is 24.3 Å². The molecule has 27 heavy (non-hydrogen) atoms. The highest BCUT2D eigenvalue weighted by atomic mass is 35.5. The van der Waals surface area contributed by atoms with Gasteiger partial charge in [0.15, 0.2) is 5.69 Å². The summed E-state index contributed by atoms with van der Waals surface area (Å²) in [6.45, 7) is 4.76. The van der Waals surface area contributed by atoms with Crippen molar-refractivity contribution in [2.75, 3.05) is 6.54 Å². The van der Waals surface area contributed by atoms with Gasteiger partial charge in [0.25, 0.3) is 5.91 Å². The van der Waals surface area contributed by atoms with Crippen LogP contribution in [0.3, 0.4) is 0 Å². The third-order valence-electron chi connectivity index (χ3n) is 3.28. The number of benzene rings is 1. The first-order chi connectivity index (χ1) is 12.4. The quantitative estimate of drug-likeness (QED) is 0.824. The van der Waals surface area contributed by atoms with Crippen molar-refractivity contribution in [3.8, 4) is 5.69 Å². The lowest BCUT2D eigenvalue weighted by Crippen LogP contribution is -2.46. The molecule has 1 aromatic carbocycles. The summed E-state index contributed by atoms with van der Waals surface area (Å²) in [5.41, 5.74) is -2.35. The minimum atomic E-state index is -4.84. The zero-order chi connectivity index (χ0) is 20.4. The van der Waals surface area contributed by atoms with Gasteiger partial charge < -0.3 is 10.6 Å². The van der Waals surface area contributed by atoms with Crippen LogP contribution in [0.2, 0.25) is 5.02 Å². The molecular formula is C17H18ClF3N4O2. The predicted octanol–water partition coefficient (Wildman–Crippen LogP) is 3.19. The van der Waals surface area contributed by atoms with Gasteiger partial charge in [-0.05, 0) is 45.0 Å². The molecule has 6 nitrogen and oxygen atoms in total. The number of hydrogen-bond acceptors (Lipinski definition) is 3. The Kier molecular flexibility index (Phi) is 5.84. The van der Waals surface area contributed by atoms with Gasteiger partial charge in [0.1, 0.15) is 0 Å². The number of aromatic nitrogens is 2. The van der Waals surface area contributed by atoms with Crippen molar-refractivity contribution in [2.24, 2.45) is 0 Å². The lowest BCUT2D eigenvalue weighted by Gasteiger charge is -2.20. The molecule has 0 radical (unpaired) electrons. The van der Waals surface area contributed by atoms with Crippen LogP contribution in [0, 0.1) is 0 Å². The summed E-state index contributed by atoms with van der Waals surface area (Å²) < 4.78 is 41.2. The topological polar surface area (TPSA) is 76.0 Å². The zero-order valence-electron chi connectivity index (χ0n) is 14.8. The number of hydrogen-bond donors (Lipinski definition) is 2. The van der Waals surface area contributed by atoms with E-state index >= 15 is 0 Å². The molecular weight excluding hydrogens is 385 g/mol. The Bertz CT molecular complexity index is 839. The molecule has 0 fully saturated rings. The zero-order valence-corrected chi connectivity index (χ0v) is 15.6. The first kappa shape index (κ1) is 20.8. The minimum absolute atomic E-state index is 0.0938. The highest BCUT2D eigenvalue weighted by Gasteiger charge is 2.40. The average molecular weight is 403 g/mol. The molecule has 0 bridgehead atoms. The van der Waals surface area contributed by atoms with Gasteiger partial charge in [-0.3, -0.25) is 9.59 Å². The molecule has 1 heterocycles. The summed E-state index contributed by atoms with van der Waals surface area (Å²) in [5, 5.41) is 8.81. The number of carbonyl (C=O) groups excluding carboxylic acids is 2. The van der Waals surface area contributed by atoms with Crippen molar-refractivity contribution in [1.82, 2.24) is 20.4 Å². The molecule has 0 saturated heterocycles. The first-order valence-electron chi connectivity index (χ1n) is 7.89. The molecule has 2 aromatic rings. The van der Waals surface area contributed by atoms with Crippen molar-refractivity contribution in [3.05, 3.63) is 46.7 Å². The third kappa shape index (κ3) is 5.46. The molecule has 2 N–H and O–H groups in total. The molecule has 1 aromatic heterocycles. The van der Waals surface area contributed by atoms with E-state index in [4.69, 9.17) is 11.6 Å². The first-order valence-corrected chi connectivity index (χ1v) is 8.26. The van der Waals surface area contributed by atoms with Gasteiger partial charge in [-0.1, -0.05) is 11.6 Å². The standard InChI is InChI=1S/C17H18ClF3N4O2/c1-16(2,3)24-13(26)9-22-15(27)12-8-23-25(14(12)17(19,20)21)11-6-4-10(18)5-7-11/h4-8H,9H2,1-3H3,(H,22,27)(H,24,26). The lowest BCUT2D eigenvalue weighted by atomic mass is 10.1. The molecule has 0 aliphatic heterocycles. The van der Waals surface area contributed by atoms with E-state index in [2.05, 4.69) is 15.7 Å². The predicted molar refractivity (Wildman–Crippen MR) is 93.8 cm³/mol. The van der Waals surface area contributed by atoms with E-state index in [1.54, 1.807) is 20.8 Å². The second-order valence-electron chi connectivity index (χ2n) is 6.77. The fourth-order valence-electron chi connectivity index (χ4n) is 2.28. The Morgan fingerprint density at radius 1 is 1.15 bits per heavy atom. The molecule has 0 aliphatic rings. The Morgan fingerprint density at radius 2 is 1.74 bits per heavy atom. The van der Waals surface area contributed by atoms with Crippen LogP contribution < -0.4 is 10.6 Å². The van der Waals surface area contributed by atoms with Crippen molar-refractivity contribution in [2.45, 2.75) is 32.5 Å². The van der Waals surface area contributed by atoms with Gasteiger partial charge in [-0.25, -0.2) is 4.68 Å². The molecule has 146 valence electrons. The van der Waals surface area contributed by atoms with E-state index in [-0.39, 0.29) is 5.69 Å². The van der Waals surface area contributed by atoms with E-state index in [0.717, 1.165) is 6.20 Å². The molecule has 2 amide bonds. The Hall–Kier alpha value is -2.55. The summed E-state index contributed by atoms with van der Waals surface area (Å²) in [4.78, 5) is 24.0. The number of nitrogens with zero attached hydrogens (tertiary/aromatic N) is 2. The maximum atomic E-state index is 13.5. The molecule has 0 aliphatic carbocycles. The van der Waals surface area contributed by atoms with Gasteiger partial charge in [0, 0.05) is 10.6 Å². The van der Waals surface area contributed by atoms with Crippen molar-refractivity contribution in [1.29, 1.82) is 0 Å². The fourth-order valence-corrected chi connectivity index (χ4v) is 2.41. The molecule has 0 saturated carbocycles. The Labute approximate surface area is 158 Å². The van der Waals surface area contributed by atoms with Crippen LogP contribution in [0.1, 0.15) is 36.8 Å². The highest BCUT2D eigenvalue weighted by molar-refractivity contribution is 6.30. The van der Waals surface area contributed by atoms with Crippen LogP contribution in [0.5, 0.6) is 0 Å². The van der Waals surface area contributed by atoms with Crippen LogP contribution in [0.25, 0.3) is 5.69 Å². The molecule has 0 atom stereocenters. The van der Waals surface area contributed by atoms with Crippen molar-refractivity contribution < 1.29 is 22.8 Å². The van der Waals surface area contributed by atoms with Gasteiger partial charge >= 0.3 is 6.18 Å². The van der Waals surface area contributed by atoms with Gasteiger partial charge in [0.05, 0.1) is 24.0 Å². The van der Waals surface area contributed by atoms with Gasteiger partial charge in [0.2, 0.25) is 5.91 Å². The average Bonchev–Trinajstić information content (AvgIpc) is 2.97. The molecule has 0 unspecified atom stereocenters. The summed E-state index contributed by atoms with van der Waals surface area (Å²) in [6.07, 6.45) is -4.02. The molecule has 0 spiro atoms. The number of amides is 2. The highest BCUT2D eigenvalue weighted by Crippen LogP contribution is 2.33. The fraction of sp³-hybridized carbons (Fsp3) is 0.353. The summed E-state index contributed by atoms with van der Waals surface area (Å²) in [6, 6.07) is 5.52. The van der Waals surface area contributed by atoms with Crippen LogP contribution in [0.4, 0.5) is 13.2 Å². The van der Waals surface area contributed by atoms with E-state index < -0.39 is 41.3 Å². The number of carbonyl (C=O) groups is 2. The Balaban J connectivity index is 2.28.